The van der Waals surface area contributed by atoms with Crippen LogP contribution in [0.25, 0.3) is 0 Å². The summed E-state index contributed by atoms with van der Waals surface area (Å²) in [6.45, 7) is 1.78. The number of nitrogens with zero attached hydrogens (tertiary/aromatic N) is 2. The Morgan fingerprint density at radius 3 is 2.94 bits per heavy atom. The van der Waals surface area contributed by atoms with Gasteiger partial charge in [-0.15, -0.1) is 0 Å². The van der Waals surface area contributed by atoms with Gasteiger partial charge in [-0.25, -0.2) is 4.98 Å². The number of amides is 1. The summed E-state index contributed by atoms with van der Waals surface area (Å²) in [7, 11) is 1.74. The van der Waals surface area contributed by atoms with E-state index in [1.165, 1.54) is 6.26 Å². The van der Waals surface area contributed by atoms with Crippen molar-refractivity contribution in [3.8, 4) is 0 Å². The molecule has 1 amide bonds. The Bertz CT molecular complexity index is 536. The molecule has 0 bridgehead atoms. The van der Waals surface area contributed by atoms with Crippen molar-refractivity contribution >= 4 is 17.7 Å². The zero-order chi connectivity index (χ0) is 12.3. The van der Waals surface area contributed by atoms with E-state index >= 15 is 0 Å². The second kappa shape index (κ2) is 4.65. The van der Waals surface area contributed by atoms with Gasteiger partial charge in [-0.3, -0.25) is 10.1 Å². The molecule has 2 aromatic rings. The van der Waals surface area contributed by atoms with Crippen molar-refractivity contribution in [1.82, 2.24) is 9.97 Å². The fourth-order valence-electron chi connectivity index (χ4n) is 1.29. The minimum atomic E-state index is -0.286. The lowest BCUT2D eigenvalue weighted by Gasteiger charge is -2.03. The smallest absolute Gasteiger partial charge is 0.301 e. The summed E-state index contributed by atoms with van der Waals surface area (Å²) in [5.41, 5.74) is 1.20. The van der Waals surface area contributed by atoms with Crippen LogP contribution in [0.1, 0.15) is 16.1 Å². The molecule has 6 heteroatoms. The SMILES string of the molecule is CNc1cc(C(=O)Nc2nc(C)co2)ccn1. The number of nitrogens with one attached hydrogen (secondary N) is 2. The van der Waals surface area contributed by atoms with Gasteiger partial charge in [-0.1, -0.05) is 0 Å². The number of aryl methyl sites for hydroxylation is 1. The van der Waals surface area contributed by atoms with Crippen molar-refractivity contribution in [2.75, 3.05) is 17.7 Å². The number of pyridine rings is 1. The van der Waals surface area contributed by atoms with Crippen molar-refractivity contribution < 1.29 is 9.21 Å². The quantitative estimate of drug-likeness (QED) is 0.841. The van der Waals surface area contributed by atoms with E-state index in [9.17, 15) is 4.79 Å². The lowest BCUT2D eigenvalue weighted by molar-refractivity contribution is 0.102. The van der Waals surface area contributed by atoms with Crippen molar-refractivity contribution in [2.24, 2.45) is 0 Å². The molecule has 0 radical (unpaired) electrons. The maximum absolute atomic E-state index is 11.8. The summed E-state index contributed by atoms with van der Waals surface area (Å²) in [4.78, 5) is 19.8. The number of oxazole rings is 1. The first-order valence-corrected chi connectivity index (χ1v) is 5.06. The van der Waals surface area contributed by atoms with Crippen molar-refractivity contribution in [3.05, 3.63) is 35.9 Å². The fraction of sp³-hybridized carbons (Fsp3) is 0.182. The molecule has 88 valence electrons. The second-order valence-electron chi connectivity index (χ2n) is 3.43. The number of aromatic nitrogens is 2. The van der Waals surface area contributed by atoms with Gasteiger partial charge in [0.15, 0.2) is 0 Å². The molecule has 0 saturated heterocycles. The third-order valence-electron chi connectivity index (χ3n) is 2.12. The van der Waals surface area contributed by atoms with Crippen LogP contribution in [0.3, 0.4) is 0 Å². The maximum atomic E-state index is 11.8. The summed E-state index contributed by atoms with van der Waals surface area (Å²) >= 11 is 0. The van der Waals surface area contributed by atoms with Crippen LogP contribution in [0.15, 0.2) is 29.0 Å². The monoisotopic (exact) mass is 232 g/mol. The highest BCUT2D eigenvalue weighted by Gasteiger charge is 2.09. The molecule has 0 atom stereocenters. The van der Waals surface area contributed by atoms with E-state index in [0.29, 0.717) is 17.1 Å². The Balaban J connectivity index is 2.14. The Morgan fingerprint density at radius 1 is 1.47 bits per heavy atom. The average molecular weight is 232 g/mol. The molecule has 2 heterocycles. The van der Waals surface area contributed by atoms with E-state index < -0.39 is 0 Å². The summed E-state index contributed by atoms with van der Waals surface area (Å²) in [6.07, 6.45) is 3.03. The summed E-state index contributed by atoms with van der Waals surface area (Å²) < 4.78 is 5.04. The molecule has 0 fully saturated rings. The third kappa shape index (κ3) is 2.60. The van der Waals surface area contributed by atoms with Gasteiger partial charge in [-0.2, -0.15) is 4.98 Å². The van der Waals surface area contributed by atoms with Gasteiger partial charge in [0.05, 0.1) is 5.69 Å². The number of anilines is 2. The molecule has 0 unspecified atom stereocenters. The van der Waals surface area contributed by atoms with Crippen molar-refractivity contribution in [1.29, 1.82) is 0 Å². The number of carbonyl (C=O) groups is 1. The second-order valence-corrected chi connectivity index (χ2v) is 3.43. The average Bonchev–Trinajstić information content (AvgIpc) is 2.75. The maximum Gasteiger partial charge on any atom is 0.301 e. The highest BCUT2D eigenvalue weighted by Crippen LogP contribution is 2.10. The van der Waals surface area contributed by atoms with E-state index in [2.05, 4.69) is 20.6 Å². The van der Waals surface area contributed by atoms with Gasteiger partial charge in [0.25, 0.3) is 5.91 Å². The van der Waals surface area contributed by atoms with Crippen LogP contribution in [0.4, 0.5) is 11.8 Å². The van der Waals surface area contributed by atoms with E-state index in [1.54, 1.807) is 32.3 Å². The van der Waals surface area contributed by atoms with Crippen LogP contribution in [0, 0.1) is 6.92 Å². The molecule has 2 N–H and O–H groups in total. The zero-order valence-corrected chi connectivity index (χ0v) is 9.52. The Labute approximate surface area is 98.1 Å². The predicted octanol–water partition coefficient (Wildman–Crippen LogP) is 1.67. The summed E-state index contributed by atoms with van der Waals surface area (Å²) in [5.74, 6) is 0.340. The van der Waals surface area contributed by atoms with Crippen LogP contribution in [-0.4, -0.2) is 22.9 Å². The van der Waals surface area contributed by atoms with Gasteiger partial charge in [-0.05, 0) is 19.1 Å². The zero-order valence-electron chi connectivity index (χ0n) is 9.52. The molecule has 0 aliphatic carbocycles. The molecular formula is C11H12N4O2. The number of carbonyl (C=O) groups excluding carboxylic acids is 1. The molecule has 0 aliphatic rings. The fourth-order valence-corrected chi connectivity index (χ4v) is 1.29. The van der Waals surface area contributed by atoms with Gasteiger partial charge >= 0.3 is 6.01 Å². The number of hydrogen-bond acceptors (Lipinski definition) is 5. The molecule has 6 nitrogen and oxygen atoms in total. The van der Waals surface area contributed by atoms with Gasteiger partial charge in [0, 0.05) is 18.8 Å². The number of hydrogen-bond donors (Lipinski definition) is 2. The highest BCUT2D eigenvalue weighted by atomic mass is 16.4. The number of rotatable bonds is 3. The molecule has 2 rings (SSSR count). The van der Waals surface area contributed by atoms with E-state index in [0.717, 1.165) is 0 Å². The normalized spacial score (nSPS) is 10.0. The summed E-state index contributed by atoms with van der Waals surface area (Å²) in [6, 6.07) is 3.45. The van der Waals surface area contributed by atoms with E-state index in [4.69, 9.17) is 4.42 Å². The van der Waals surface area contributed by atoms with Crippen LogP contribution >= 0.6 is 0 Å². The van der Waals surface area contributed by atoms with E-state index in [-0.39, 0.29) is 11.9 Å². The lowest BCUT2D eigenvalue weighted by atomic mass is 10.2. The molecule has 0 aliphatic heterocycles. The Morgan fingerprint density at radius 2 is 2.29 bits per heavy atom. The molecule has 0 saturated carbocycles. The first-order valence-electron chi connectivity index (χ1n) is 5.06. The van der Waals surface area contributed by atoms with Gasteiger partial charge < -0.3 is 9.73 Å². The lowest BCUT2D eigenvalue weighted by Crippen LogP contribution is -2.12. The van der Waals surface area contributed by atoms with Crippen LogP contribution in [0.2, 0.25) is 0 Å². The standard InChI is InChI=1S/C11H12N4O2/c1-7-6-17-11(14-7)15-10(16)8-3-4-13-9(5-8)12-2/h3-6H,1-2H3,(H,12,13)(H,14,15,16). The topological polar surface area (TPSA) is 80.0 Å². The van der Waals surface area contributed by atoms with Gasteiger partial charge in [0.2, 0.25) is 0 Å². The predicted molar refractivity (Wildman–Crippen MR) is 63.0 cm³/mol. The third-order valence-corrected chi connectivity index (χ3v) is 2.12. The first kappa shape index (κ1) is 11.1. The van der Waals surface area contributed by atoms with Crippen LogP contribution in [0.5, 0.6) is 0 Å². The Kier molecular flexibility index (Phi) is 3.04. The van der Waals surface area contributed by atoms with Crippen LogP contribution in [-0.2, 0) is 0 Å². The van der Waals surface area contributed by atoms with Crippen molar-refractivity contribution in [2.45, 2.75) is 6.92 Å². The molecule has 0 aromatic carbocycles. The van der Waals surface area contributed by atoms with Crippen molar-refractivity contribution in [3.63, 3.8) is 0 Å². The van der Waals surface area contributed by atoms with Gasteiger partial charge in [0.1, 0.15) is 12.1 Å². The minimum Gasteiger partial charge on any atom is -0.432 e. The Hall–Kier alpha value is -2.37. The molecular weight excluding hydrogens is 220 g/mol. The highest BCUT2D eigenvalue weighted by molar-refractivity contribution is 6.03. The van der Waals surface area contributed by atoms with E-state index in [1.807, 2.05) is 0 Å². The minimum absolute atomic E-state index is 0.190. The largest absolute Gasteiger partial charge is 0.432 e. The van der Waals surface area contributed by atoms with Crippen LogP contribution < -0.4 is 10.6 Å². The first-order chi connectivity index (χ1) is 8.19. The molecule has 2 aromatic heterocycles. The molecule has 0 spiro atoms. The molecule has 17 heavy (non-hydrogen) atoms. The summed E-state index contributed by atoms with van der Waals surface area (Å²) in [5, 5.41) is 5.42.